The summed E-state index contributed by atoms with van der Waals surface area (Å²) < 4.78 is 0. The van der Waals surface area contributed by atoms with Crippen LogP contribution in [0.4, 0.5) is 0 Å². The lowest BCUT2D eigenvalue weighted by Crippen LogP contribution is -2.01. The van der Waals surface area contributed by atoms with Crippen molar-refractivity contribution in [2.24, 2.45) is 0 Å². The number of rotatable bonds is 13. The molecule has 1 aromatic carbocycles. The second-order valence-corrected chi connectivity index (χ2v) is 7.18. The van der Waals surface area contributed by atoms with E-state index in [4.69, 9.17) is 30.6 Å². The lowest BCUT2D eigenvalue weighted by atomic mass is 10.1. The van der Waals surface area contributed by atoms with Gasteiger partial charge >= 0.3 is 23.9 Å². The highest BCUT2D eigenvalue weighted by Crippen LogP contribution is 2.05. The predicted molar refractivity (Wildman–Crippen MR) is 115 cm³/mol. The van der Waals surface area contributed by atoms with Gasteiger partial charge in [0.1, 0.15) is 0 Å². The van der Waals surface area contributed by atoms with Gasteiger partial charge in [-0.3, -0.25) is 9.59 Å². The van der Waals surface area contributed by atoms with Crippen LogP contribution in [0, 0.1) is 0 Å². The number of hydrogen-bond donors (Lipinski definition) is 6. The molecular weight excluding hydrogens is 432 g/mol. The molecule has 11 heteroatoms. The third-order valence-electron chi connectivity index (χ3n) is 3.34. The summed E-state index contributed by atoms with van der Waals surface area (Å²) in [4.78, 5) is 40.7. The van der Waals surface area contributed by atoms with Crippen molar-refractivity contribution in [3.63, 3.8) is 0 Å². The second-order valence-electron chi connectivity index (χ2n) is 5.95. The van der Waals surface area contributed by atoms with Gasteiger partial charge in [-0.1, -0.05) is 18.9 Å². The van der Waals surface area contributed by atoms with Crippen LogP contribution < -0.4 is 0 Å². The molecule has 0 unspecified atom stereocenters. The molecule has 6 N–H and O–H groups in total. The smallest absolute Gasteiger partial charge is 0.335 e. The Hall–Kier alpha value is -2.63. The van der Waals surface area contributed by atoms with E-state index in [-0.39, 0.29) is 37.2 Å². The lowest BCUT2D eigenvalue weighted by Gasteiger charge is -1.95. The Balaban J connectivity index is 0. The van der Waals surface area contributed by atoms with Gasteiger partial charge in [0.15, 0.2) is 0 Å². The van der Waals surface area contributed by atoms with Crippen molar-refractivity contribution in [2.45, 2.75) is 38.5 Å². The van der Waals surface area contributed by atoms with Gasteiger partial charge in [-0.2, -0.15) is 11.8 Å². The molecule has 0 aliphatic rings. The first-order chi connectivity index (χ1) is 14.6. The number of carboxylic acid groups (broad SMARTS) is 4. The number of aromatic carboxylic acids is 2. The highest BCUT2D eigenvalue weighted by Gasteiger charge is 2.06. The SMILES string of the molecule is O=C(O)CCSCCC(=O)O.O=C(O)c1cccc(C(=O)O)c1.OCCCCCCO. The predicted octanol–water partition coefficient (Wildman–Crippen LogP) is 2.28. The minimum absolute atomic E-state index is 0.0186. The zero-order valence-electron chi connectivity index (χ0n) is 17.1. The van der Waals surface area contributed by atoms with Gasteiger partial charge in [-0.05, 0) is 31.0 Å². The maximum absolute atomic E-state index is 10.4. The normalized spacial score (nSPS) is 9.48. The molecule has 176 valence electrons. The van der Waals surface area contributed by atoms with Crippen LogP contribution in [0.5, 0.6) is 0 Å². The summed E-state index contributed by atoms with van der Waals surface area (Å²) >= 11 is 1.35. The zero-order chi connectivity index (χ0) is 24.1. The molecule has 31 heavy (non-hydrogen) atoms. The average molecular weight is 463 g/mol. The number of unbranched alkanes of at least 4 members (excludes halogenated alkanes) is 3. The molecule has 0 aliphatic carbocycles. The molecule has 1 rings (SSSR count). The fourth-order valence-electron chi connectivity index (χ4n) is 1.78. The van der Waals surface area contributed by atoms with E-state index in [0.717, 1.165) is 31.7 Å². The monoisotopic (exact) mass is 462 g/mol. The molecule has 0 bridgehead atoms. The van der Waals surface area contributed by atoms with Crippen LogP contribution in [0.1, 0.15) is 59.2 Å². The van der Waals surface area contributed by atoms with Crippen molar-refractivity contribution in [2.75, 3.05) is 24.7 Å². The third-order valence-corrected chi connectivity index (χ3v) is 4.33. The Labute approximate surface area is 184 Å². The van der Waals surface area contributed by atoms with E-state index in [1.165, 1.54) is 30.0 Å². The Morgan fingerprint density at radius 2 is 1.06 bits per heavy atom. The van der Waals surface area contributed by atoms with Crippen LogP contribution in [0.2, 0.25) is 0 Å². The van der Waals surface area contributed by atoms with Crippen LogP contribution in [0.15, 0.2) is 24.3 Å². The molecule has 10 nitrogen and oxygen atoms in total. The van der Waals surface area contributed by atoms with Crippen molar-refractivity contribution in [1.29, 1.82) is 0 Å². The minimum atomic E-state index is -1.13. The fraction of sp³-hybridized carbons (Fsp3) is 0.500. The van der Waals surface area contributed by atoms with E-state index in [9.17, 15) is 19.2 Å². The Morgan fingerprint density at radius 1 is 0.677 bits per heavy atom. The largest absolute Gasteiger partial charge is 0.481 e. The molecule has 0 saturated heterocycles. The summed E-state index contributed by atoms with van der Waals surface area (Å²) in [5, 5.41) is 50.0. The second kappa shape index (κ2) is 20.6. The molecule has 0 aromatic heterocycles. The number of benzene rings is 1. The number of aliphatic hydroxyl groups is 2. The summed E-state index contributed by atoms with van der Waals surface area (Å²) in [5.74, 6) is -2.96. The van der Waals surface area contributed by atoms with Gasteiger partial charge in [0.05, 0.1) is 24.0 Å². The molecule has 0 aliphatic heterocycles. The molecule has 0 radical (unpaired) electrons. The highest BCUT2D eigenvalue weighted by atomic mass is 32.2. The number of hydrogen-bond acceptors (Lipinski definition) is 7. The molecule has 0 amide bonds. The third kappa shape index (κ3) is 21.9. The summed E-state index contributed by atoms with van der Waals surface area (Å²) in [7, 11) is 0. The van der Waals surface area contributed by atoms with Crippen LogP contribution in [-0.2, 0) is 9.59 Å². The lowest BCUT2D eigenvalue weighted by molar-refractivity contribution is -0.137. The maximum atomic E-state index is 10.4. The quantitative estimate of drug-likeness (QED) is 0.236. The molecule has 0 fully saturated rings. The van der Waals surface area contributed by atoms with Crippen LogP contribution in [0.3, 0.4) is 0 Å². The van der Waals surface area contributed by atoms with Gasteiger partial charge in [0.2, 0.25) is 0 Å². The number of aliphatic hydroxyl groups excluding tert-OH is 2. The summed E-state index contributed by atoms with van der Waals surface area (Å²) in [6.07, 6.45) is 4.03. The number of carboxylic acids is 4. The highest BCUT2D eigenvalue weighted by molar-refractivity contribution is 7.99. The van der Waals surface area contributed by atoms with Crippen molar-refractivity contribution >= 4 is 35.6 Å². The topological polar surface area (TPSA) is 190 Å². The first kappa shape index (κ1) is 30.6. The van der Waals surface area contributed by atoms with Crippen LogP contribution in [0.25, 0.3) is 0 Å². The van der Waals surface area contributed by atoms with E-state index >= 15 is 0 Å². The van der Waals surface area contributed by atoms with E-state index in [0.29, 0.717) is 11.5 Å². The molecule has 0 saturated carbocycles. The van der Waals surface area contributed by atoms with Crippen LogP contribution in [-0.4, -0.2) is 79.2 Å². The Morgan fingerprint density at radius 3 is 1.35 bits per heavy atom. The zero-order valence-corrected chi connectivity index (χ0v) is 17.9. The van der Waals surface area contributed by atoms with Gasteiger partial charge in [0, 0.05) is 24.7 Å². The van der Waals surface area contributed by atoms with Crippen molar-refractivity contribution < 1.29 is 49.8 Å². The van der Waals surface area contributed by atoms with E-state index in [1.54, 1.807) is 0 Å². The van der Waals surface area contributed by atoms with Gasteiger partial charge < -0.3 is 30.6 Å². The van der Waals surface area contributed by atoms with E-state index in [2.05, 4.69) is 0 Å². The van der Waals surface area contributed by atoms with Crippen molar-refractivity contribution in [3.05, 3.63) is 35.4 Å². The molecular formula is C20H30O10S. The number of thioether (sulfide) groups is 1. The first-order valence-electron chi connectivity index (χ1n) is 9.45. The summed E-state index contributed by atoms with van der Waals surface area (Å²) in [5.41, 5.74) is -0.0372. The fourth-order valence-corrected chi connectivity index (χ4v) is 2.63. The molecule has 0 spiro atoms. The first-order valence-corrected chi connectivity index (χ1v) is 10.6. The minimum Gasteiger partial charge on any atom is -0.481 e. The Kier molecular flexibility index (Phi) is 20.3. The standard InChI is InChI=1S/C8H6O4.C6H10O4S.C6H14O2/c9-7(10)5-2-1-3-6(4-5)8(11)12;7-5(8)1-3-11-4-2-6(9)10;7-5-3-1-2-4-6-8/h1-4H,(H,9,10)(H,11,12);1-4H2,(H,7,8)(H,9,10);7-8H,1-6H2. The van der Waals surface area contributed by atoms with Crippen molar-refractivity contribution in [1.82, 2.24) is 0 Å². The van der Waals surface area contributed by atoms with Gasteiger partial charge in [-0.25, -0.2) is 9.59 Å². The summed E-state index contributed by atoms with van der Waals surface area (Å²) in [6.45, 7) is 0.566. The van der Waals surface area contributed by atoms with Crippen LogP contribution >= 0.6 is 11.8 Å². The van der Waals surface area contributed by atoms with E-state index < -0.39 is 23.9 Å². The van der Waals surface area contributed by atoms with Gasteiger partial charge in [-0.15, -0.1) is 0 Å². The Bertz CT molecular complexity index is 612. The van der Waals surface area contributed by atoms with E-state index in [1.807, 2.05) is 0 Å². The number of carbonyl (C=O) groups is 4. The average Bonchev–Trinajstić information content (AvgIpc) is 2.71. The number of aliphatic carboxylic acids is 2. The van der Waals surface area contributed by atoms with Crippen molar-refractivity contribution in [3.8, 4) is 0 Å². The summed E-state index contributed by atoms with van der Waals surface area (Å²) in [6, 6.07) is 5.20. The molecule has 1 aromatic rings. The van der Waals surface area contributed by atoms with Gasteiger partial charge in [0.25, 0.3) is 0 Å². The molecule has 0 atom stereocenters. The maximum Gasteiger partial charge on any atom is 0.335 e. The molecule has 0 heterocycles.